The minimum atomic E-state index is -0.573. The molecule has 1 aromatic rings. The van der Waals surface area contributed by atoms with Crippen molar-refractivity contribution in [2.75, 3.05) is 25.1 Å². The van der Waals surface area contributed by atoms with E-state index in [1.807, 2.05) is 13.8 Å². The molecule has 1 saturated carbocycles. The van der Waals surface area contributed by atoms with Crippen LogP contribution in [0.1, 0.15) is 51.5 Å². The van der Waals surface area contributed by atoms with Crippen LogP contribution in [0.15, 0.2) is 6.20 Å². The lowest BCUT2D eigenvalue weighted by atomic mass is 9.81. The number of nitrogens with two attached hydrogens (primary N) is 1. The average molecular weight is 367 g/mol. The Balaban J connectivity index is 2.25. The predicted molar refractivity (Wildman–Crippen MR) is 99.5 cm³/mol. The summed E-state index contributed by atoms with van der Waals surface area (Å²) in [5, 5.41) is 3.68. The molecule has 1 heterocycles. The SMILES string of the molecule is CCOC(C#Cc1cnc(Cl)nc1NC1(CN)CCCCC1)OCC. The lowest BCUT2D eigenvalue weighted by molar-refractivity contribution is -0.0969. The van der Waals surface area contributed by atoms with E-state index >= 15 is 0 Å². The quantitative estimate of drug-likeness (QED) is 0.438. The van der Waals surface area contributed by atoms with Crippen molar-refractivity contribution < 1.29 is 9.47 Å². The second-order valence-corrected chi connectivity index (χ2v) is 6.42. The standard InChI is InChI=1S/C18H27ClN4O2/c1-3-24-15(25-4-2)9-8-14-12-21-17(19)22-16(14)23-18(13-20)10-6-5-7-11-18/h12,15H,3-7,10-11,13,20H2,1-2H3,(H,21,22,23). The van der Waals surface area contributed by atoms with Crippen molar-refractivity contribution in [3.63, 3.8) is 0 Å². The number of anilines is 1. The fourth-order valence-electron chi connectivity index (χ4n) is 2.98. The number of ether oxygens (including phenoxy) is 2. The minimum absolute atomic E-state index is 0.161. The topological polar surface area (TPSA) is 82.3 Å². The number of aromatic nitrogens is 2. The molecule has 0 aromatic carbocycles. The maximum atomic E-state index is 6.06. The number of hydrogen-bond acceptors (Lipinski definition) is 6. The summed E-state index contributed by atoms with van der Waals surface area (Å²) in [5.41, 5.74) is 6.56. The molecule has 1 aliphatic rings. The second kappa shape index (κ2) is 9.93. The van der Waals surface area contributed by atoms with Gasteiger partial charge in [0.1, 0.15) is 5.82 Å². The Kier molecular flexibility index (Phi) is 7.91. The Morgan fingerprint density at radius 1 is 1.28 bits per heavy atom. The van der Waals surface area contributed by atoms with Crippen molar-refractivity contribution in [2.45, 2.75) is 57.8 Å². The average Bonchev–Trinajstić information content (AvgIpc) is 2.62. The summed E-state index contributed by atoms with van der Waals surface area (Å²) >= 11 is 5.99. The molecule has 1 aromatic heterocycles. The Bertz CT molecular complexity index is 603. The molecule has 0 atom stereocenters. The Labute approximate surface area is 154 Å². The third kappa shape index (κ3) is 5.82. The Morgan fingerprint density at radius 3 is 2.56 bits per heavy atom. The Morgan fingerprint density at radius 2 is 1.96 bits per heavy atom. The zero-order valence-corrected chi connectivity index (χ0v) is 15.7. The van der Waals surface area contributed by atoms with Crippen LogP contribution in [0, 0.1) is 11.8 Å². The highest BCUT2D eigenvalue weighted by Crippen LogP contribution is 2.31. The number of halogens is 1. The van der Waals surface area contributed by atoms with E-state index in [9.17, 15) is 0 Å². The molecule has 7 heteroatoms. The summed E-state index contributed by atoms with van der Waals surface area (Å²) in [5.74, 6) is 6.65. The van der Waals surface area contributed by atoms with E-state index in [1.54, 1.807) is 6.20 Å². The van der Waals surface area contributed by atoms with Crippen LogP contribution in [0.2, 0.25) is 5.28 Å². The van der Waals surface area contributed by atoms with Crippen LogP contribution >= 0.6 is 11.6 Å². The van der Waals surface area contributed by atoms with Crippen LogP contribution in [0.3, 0.4) is 0 Å². The van der Waals surface area contributed by atoms with Crippen LogP contribution in [-0.4, -0.2) is 41.6 Å². The molecule has 0 saturated heterocycles. The first kappa shape index (κ1) is 19.9. The van der Waals surface area contributed by atoms with Crippen LogP contribution in [0.5, 0.6) is 0 Å². The number of nitrogens with zero attached hydrogens (tertiary/aromatic N) is 2. The molecule has 0 amide bonds. The highest BCUT2D eigenvalue weighted by atomic mass is 35.5. The first-order valence-electron chi connectivity index (χ1n) is 8.88. The van der Waals surface area contributed by atoms with Gasteiger partial charge in [0.15, 0.2) is 0 Å². The highest BCUT2D eigenvalue weighted by molar-refractivity contribution is 6.28. The van der Waals surface area contributed by atoms with Gasteiger partial charge in [-0.1, -0.05) is 25.2 Å². The van der Waals surface area contributed by atoms with Gasteiger partial charge < -0.3 is 20.5 Å². The van der Waals surface area contributed by atoms with Crippen LogP contribution in [-0.2, 0) is 9.47 Å². The fourth-order valence-corrected chi connectivity index (χ4v) is 3.11. The van der Waals surface area contributed by atoms with Crippen molar-refractivity contribution in [1.82, 2.24) is 9.97 Å². The molecular weight excluding hydrogens is 340 g/mol. The smallest absolute Gasteiger partial charge is 0.224 e. The van der Waals surface area contributed by atoms with E-state index in [0.717, 1.165) is 25.7 Å². The van der Waals surface area contributed by atoms with Gasteiger partial charge in [-0.05, 0) is 44.2 Å². The molecule has 0 unspecified atom stereocenters. The first-order valence-corrected chi connectivity index (χ1v) is 9.26. The van der Waals surface area contributed by atoms with E-state index < -0.39 is 6.29 Å². The molecule has 1 aliphatic carbocycles. The third-order valence-corrected chi connectivity index (χ3v) is 4.49. The molecule has 25 heavy (non-hydrogen) atoms. The molecule has 3 N–H and O–H groups in total. The first-order chi connectivity index (χ1) is 12.1. The van der Waals surface area contributed by atoms with Gasteiger partial charge in [-0.3, -0.25) is 0 Å². The van der Waals surface area contributed by atoms with Crippen molar-refractivity contribution in [3.8, 4) is 11.8 Å². The number of rotatable bonds is 7. The van der Waals surface area contributed by atoms with E-state index in [1.165, 1.54) is 6.42 Å². The molecule has 0 radical (unpaired) electrons. The van der Waals surface area contributed by atoms with Gasteiger partial charge in [0, 0.05) is 26.0 Å². The number of hydrogen-bond donors (Lipinski definition) is 2. The van der Waals surface area contributed by atoms with Gasteiger partial charge in [0.2, 0.25) is 11.6 Å². The summed E-state index contributed by atoms with van der Waals surface area (Å²) < 4.78 is 10.9. The van der Waals surface area contributed by atoms with Crippen LogP contribution < -0.4 is 11.1 Å². The molecule has 2 rings (SSSR count). The van der Waals surface area contributed by atoms with Crippen molar-refractivity contribution in [3.05, 3.63) is 17.0 Å². The summed E-state index contributed by atoms with van der Waals surface area (Å²) in [6.07, 6.45) is 6.62. The molecule has 0 aliphatic heterocycles. The molecule has 0 bridgehead atoms. The lowest BCUT2D eigenvalue weighted by Gasteiger charge is -2.37. The van der Waals surface area contributed by atoms with Crippen LogP contribution in [0.4, 0.5) is 5.82 Å². The Hall–Kier alpha value is -1.39. The molecular formula is C18H27ClN4O2. The van der Waals surface area contributed by atoms with E-state index in [0.29, 0.717) is 31.1 Å². The van der Waals surface area contributed by atoms with Crippen molar-refractivity contribution in [2.24, 2.45) is 5.73 Å². The van der Waals surface area contributed by atoms with Gasteiger partial charge in [-0.2, -0.15) is 4.98 Å². The predicted octanol–water partition coefficient (Wildman–Crippen LogP) is 2.95. The maximum absolute atomic E-state index is 6.06. The van der Waals surface area contributed by atoms with Crippen LogP contribution in [0.25, 0.3) is 0 Å². The molecule has 138 valence electrons. The minimum Gasteiger partial charge on any atom is -0.362 e. The van der Waals surface area contributed by atoms with Gasteiger partial charge in [0.25, 0.3) is 0 Å². The van der Waals surface area contributed by atoms with Gasteiger partial charge >= 0.3 is 0 Å². The van der Waals surface area contributed by atoms with Crippen molar-refractivity contribution >= 4 is 17.4 Å². The van der Waals surface area contributed by atoms with Gasteiger partial charge in [0.05, 0.1) is 11.1 Å². The fraction of sp³-hybridized carbons (Fsp3) is 0.667. The largest absolute Gasteiger partial charge is 0.362 e. The number of nitrogens with one attached hydrogen (secondary N) is 1. The summed E-state index contributed by atoms with van der Waals surface area (Å²) in [7, 11) is 0. The highest BCUT2D eigenvalue weighted by Gasteiger charge is 2.31. The summed E-state index contributed by atoms with van der Waals surface area (Å²) in [6, 6.07) is 0. The zero-order chi connectivity index (χ0) is 18.1. The lowest BCUT2D eigenvalue weighted by Crippen LogP contribution is -2.47. The normalized spacial score (nSPS) is 16.4. The molecule has 0 spiro atoms. The molecule has 6 nitrogen and oxygen atoms in total. The summed E-state index contributed by atoms with van der Waals surface area (Å²) in [4.78, 5) is 8.38. The second-order valence-electron chi connectivity index (χ2n) is 6.08. The zero-order valence-electron chi connectivity index (χ0n) is 15.0. The monoisotopic (exact) mass is 366 g/mol. The van der Waals surface area contributed by atoms with E-state index in [2.05, 4.69) is 27.1 Å². The third-order valence-electron chi connectivity index (χ3n) is 4.31. The van der Waals surface area contributed by atoms with E-state index in [4.69, 9.17) is 26.8 Å². The molecule has 1 fully saturated rings. The maximum Gasteiger partial charge on any atom is 0.224 e. The van der Waals surface area contributed by atoms with Crippen molar-refractivity contribution in [1.29, 1.82) is 0 Å². The van der Waals surface area contributed by atoms with Gasteiger partial charge in [-0.25, -0.2) is 4.98 Å². The summed E-state index contributed by atoms with van der Waals surface area (Å²) in [6.45, 7) is 5.40. The van der Waals surface area contributed by atoms with E-state index in [-0.39, 0.29) is 10.8 Å². The van der Waals surface area contributed by atoms with Gasteiger partial charge in [-0.15, -0.1) is 0 Å².